The van der Waals surface area contributed by atoms with Crippen LogP contribution in [0, 0.1) is 0 Å². The van der Waals surface area contributed by atoms with Crippen molar-refractivity contribution in [1.82, 2.24) is 18.7 Å². The number of nitrogens with zero attached hydrogens (tertiary/aromatic N) is 4. The molecule has 0 aromatic carbocycles. The molecule has 0 saturated heterocycles. The molecule has 2 rings (SSSR count). The van der Waals surface area contributed by atoms with Gasteiger partial charge in [0.1, 0.15) is 5.82 Å². The third-order valence-corrected chi connectivity index (χ3v) is 3.71. The summed E-state index contributed by atoms with van der Waals surface area (Å²) in [6.07, 6.45) is 0.675. The molecule has 122 valence electrons. The van der Waals surface area contributed by atoms with E-state index in [9.17, 15) is 9.59 Å². The molecular weight excluding hydrogens is 282 g/mol. The number of aryl methyl sites for hydroxylation is 2. The first-order valence-corrected chi connectivity index (χ1v) is 7.76. The smallest absolute Gasteiger partial charge is 0.324 e. The average Bonchev–Trinajstić information content (AvgIpc) is 2.76. The highest BCUT2D eigenvalue weighted by atomic mass is 16.2. The van der Waals surface area contributed by atoms with Gasteiger partial charge >= 0.3 is 5.69 Å². The molecule has 0 aliphatic rings. The first kappa shape index (κ1) is 16.5. The second-order valence-corrected chi connectivity index (χ2v) is 6.20. The molecule has 0 radical (unpaired) electrons. The van der Waals surface area contributed by atoms with Gasteiger partial charge in [0.2, 0.25) is 0 Å². The van der Waals surface area contributed by atoms with Crippen LogP contribution in [0.2, 0.25) is 0 Å². The molecule has 0 saturated carbocycles. The van der Waals surface area contributed by atoms with Crippen molar-refractivity contribution in [2.75, 3.05) is 0 Å². The monoisotopic (exact) mass is 307 g/mol. The summed E-state index contributed by atoms with van der Waals surface area (Å²) >= 11 is 0. The zero-order chi connectivity index (χ0) is 16.7. The van der Waals surface area contributed by atoms with Crippen molar-refractivity contribution in [1.29, 1.82) is 0 Å². The Kier molecular flexibility index (Phi) is 4.28. The maximum absolute atomic E-state index is 12.7. The lowest BCUT2D eigenvalue weighted by Crippen LogP contribution is -2.41. The Balaban J connectivity index is 2.96. The van der Waals surface area contributed by atoms with Crippen molar-refractivity contribution < 1.29 is 0 Å². The van der Waals surface area contributed by atoms with Crippen molar-refractivity contribution in [2.24, 2.45) is 5.73 Å². The zero-order valence-corrected chi connectivity index (χ0v) is 14.0. The van der Waals surface area contributed by atoms with Gasteiger partial charge in [-0.15, -0.1) is 0 Å². The number of aromatic nitrogens is 4. The van der Waals surface area contributed by atoms with Crippen LogP contribution >= 0.6 is 0 Å². The molecule has 7 nitrogen and oxygen atoms in total. The topological polar surface area (TPSA) is 87.8 Å². The number of nitrogens with two attached hydrogens (primary N) is 1. The van der Waals surface area contributed by atoms with Crippen molar-refractivity contribution in [3.05, 3.63) is 26.7 Å². The van der Waals surface area contributed by atoms with Gasteiger partial charge in [-0.3, -0.25) is 13.9 Å². The van der Waals surface area contributed by atoms with Gasteiger partial charge in [-0.2, -0.15) is 0 Å². The van der Waals surface area contributed by atoms with Crippen molar-refractivity contribution in [2.45, 2.75) is 66.2 Å². The summed E-state index contributed by atoms with van der Waals surface area (Å²) in [6, 6.07) is 0. The van der Waals surface area contributed by atoms with Gasteiger partial charge in [0.25, 0.3) is 5.56 Å². The van der Waals surface area contributed by atoms with E-state index in [1.54, 1.807) is 11.5 Å². The fraction of sp³-hybridized carbons (Fsp3) is 0.667. The lowest BCUT2D eigenvalue weighted by Gasteiger charge is -2.21. The Labute approximate surface area is 129 Å². The number of hydrogen-bond acceptors (Lipinski definition) is 4. The van der Waals surface area contributed by atoms with Crippen LogP contribution in [0.15, 0.2) is 9.59 Å². The fourth-order valence-electron chi connectivity index (χ4n) is 2.75. The molecule has 0 unspecified atom stereocenters. The van der Waals surface area contributed by atoms with Gasteiger partial charge in [-0.05, 0) is 27.7 Å². The number of imidazole rings is 1. The van der Waals surface area contributed by atoms with Gasteiger partial charge in [0.15, 0.2) is 11.2 Å². The predicted molar refractivity (Wildman–Crippen MR) is 87.2 cm³/mol. The van der Waals surface area contributed by atoms with E-state index < -0.39 is 5.54 Å². The minimum absolute atomic E-state index is 0.288. The predicted octanol–water partition coefficient (Wildman–Crippen LogP) is 0.699. The Morgan fingerprint density at radius 3 is 2.09 bits per heavy atom. The minimum atomic E-state index is -0.478. The summed E-state index contributed by atoms with van der Waals surface area (Å²) in [5.41, 5.74) is 6.00. The molecule has 0 fully saturated rings. The van der Waals surface area contributed by atoms with Crippen LogP contribution in [0.1, 0.15) is 40.4 Å². The van der Waals surface area contributed by atoms with E-state index >= 15 is 0 Å². The first-order valence-electron chi connectivity index (χ1n) is 7.76. The van der Waals surface area contributed by atoms with E-state index in [2.05, 4.69) is 4.98 Å². The van der Waals surface area contributed by atoms with E-state index in [4.69, 9.17) is 5.73 Å². The molecule has 2 aromatic heterocycles. The van der Waals surface area contributed by atoms with Gasteiger partial charge in [-0.25, -0.2) is 9.78 Å². The maximum Gasteiger partial charge on any atom is 0.332 e. The maximum atomic E-state index is 12.7. The van der Waals surface area contributed by atoms with Crippen molar-refractivity contribution in [3.8, 4) is 0 Å². The van der Waals surface area contributed by atoms with E-state index in [1.165, 1.54) is 4.57 Å². The summed E-state index contributed by atoms with van der Waals surface area (Å²) in [5.74, 6) is 0.779. The van der Waals surface area contributed by atoms with Gasteiger partial charge < -0.3 is 10.3 Å². The fourth-order valence-corrected chi connectivity index (χ4v) is 2.75. The first-order chi connectivity index (χ1) is 10.2. The molecule has 0 aliphatic heterocycles. The quantitative estimate of drug-likeness (QED) is 0.880. The molecule has 0 aliphatic carbocycles. The molecule has 7 heteroatoms. The van der Waals surface area contributed by atoms with Crippen LogP contribution in [0.25, 0.3) is 11.2 Å². The number of hydrogen-bond donors (Lipinski definition) is 1. The summed E-state index contributed by atoms with van der Waals surface area (Å²) in [4.78, 5) is 29.7. The SMILES string of the molecule is CCc1nc2c(c(=O)n(CC)c(=O)n2CC)n1CC(C)(C)N. The number of rotatable bonds is 5. The summed E-state index contributed by atoms with van der Waals surface area (Å²) in [5, 5.41) is 0. The Morgan fingerprint density at radius 1 is 1.05 bits per heavy atom. The van der Waals surface area contributed by atoms with Crippen LogP contribution in [-0.2, 0) is 26.1 Å². The molecule has 22 heavy (non-hydrogen) atoms. The number of fused-ring (bicyclic) bond motifs is 1. The molecule has 0 spiro atoms. The van der Waals surface area contributed by atoms with Crippen LogP contribution in [0.3, 0.4) is 0 Å². The minimum Gasteiger partial charge on any atom is -0.324 e. The molecule has 2 heterocycles. The van der Waals surface area contributed by atoms with E-state index in [1.807, 2.05) is 32.3 Å². The van der Waals surface area contributed by atoms with Gasteiger partial charge in [0, 0.05) is 31.6 Å². The van der Waals surface area contributed by atoms with Gasteiger partial charge in [-0.1, -0.05) is 6.92 Å². The molecule has 0 amide bonds. The second kappa shape index (κ2) is 5.72. The van der Waals surface area contributed by atoms with E-state index in [0.717, 1.165) is 5.82 Å². The van der Waals surface area contributed by atoms with Crippen LogP contribution in [-0.4, -0.2) is 24.2 Å². The highest BCUT2D eigenvalue weighted by Gasteiger charge is 2.23. The van der Waals surface area contributed by atoms with Crippen molar-refractivity contribution in [3.63, 3.8) is 0 Å². The molecule has 0 bridgehead atoms. The normalized spacial score (nSPS) is 12.3. The second-order valence-electron chi connectivity index (χ2n) is 6.20. The van der Waals surface area contributed by atoms with E-state index in [0.29, 0.717) is 37.2 Å². The van der Waals surface area contributed by atoms with Crippen molar-refractivity contribution >= 4 is 11.2 Å². The highest BCUT2D eigenvalue weighted by molar-refractivity contribution is 5.71. The Hall–Kier alpha value is -1.89. The summed E-state index contributed by atoms with van der Waals surface area (Å²) < 4.78 is 4.68. The zero-order valence-electron chi connectivity index (χ0n) is 14.0. The van der Waals surface area contributed by atoms with Crippen LogP contribution < -0.4 is 17.0 Å². The van der Waals surface area contributed by atoms with Crippen LogP contribution in [0.5, 0.6) is 0 Å². The average molecular weight is 307 g/mol. The molecule has 2 aromatic rings. The summed E-state index contributed by atoms with van der Waals surface area (Å²) in [6.45, 7) is 10.8. The largest absolute Gasteiger partial charge is 0.332 e. The van der Waals surface area contributed by atoms with Crippen LogP contribution in [0.4, 0.5) is 0 Å². The van der Waals surface area contributed by atoms with Gasteiger partial charge in [0.05, 0.1) is 0 Å². The lowest BCUT2D eigenvalue weighted by atomic mass is 10.1. The molecular formula is C15H25N5O2. The molecule has 2 N–H and O–H groups in total. The standard InChI is InChI=1S/C15H25N5O2/c1-6-10-17-12-11(20(10)9-15(4,5)16)13(21)19(8-3)14(22)18(12)7-2/h6-9,16H2,1-5H3. The molecule has 0 atom stereocenters. The Bertz CT molecular complexity index is 804. The summed E-state index contributed by atoms with van der Waals surface area (Å²) in [7, 11) is 0. The Morgan fingerprint density at radius 2 is 1.64 bits per heavy atom. The van der Waals surface area contributed by atoms with E-state index in [-0.39, 0.29) is 11.2 Å². The third kappa shape index (κ3) is 2.61. The highest BCUT2D eigenvalue weighted by Crippen LogP contribution is 2.15. The third-order valence-electron chi connectivity index (χ3n) is 3.71. The lowest BCUT2D eigenvalue weighted by molar-refractivity contribution is 0.431.